The standard InChI is InChI=1S/C19H24N6O5S2.2ClH/c1-25(5-3-4-6-25)7-10-8-31-17-13(16(27)24(17)14(10)18(28)29)22-15(26)12(23-30-2)11-9-32-19(20)21-11;;/h9,13,17H,3-8H2,1-2H3,(H3-,20,21,22,26,28,29);2*1H/b23-12+;;/t13-,17?;;/m1../s1. The minimum Gasteiger partial charge on any atom is -0.543 e. The molecule has 1 unspecified atom stereocenters. The summed E-state index contributed by atoms with van der Waals surface area (Å²) in [5.41, 5.74) is 6.39. The van der Waals surface area contributed by atoms with Gasteiger partial charge in [0.15, 0.2) is 10.8 Å². The van der Waals surface area contributed by atoms with Gasteiger partial charge < -0.3 is 30.3 Å². The highest BCUT2D eigenvalue weighted by atomic mass is 35.5. The molecule has 0 saturated carbocycles. The van der Waals surface area contributed by atoms with E-state index in [2.05, 4.69) is 22.5 Å². The minimum atomic E-state index is -1.37. The number of quaternary nitrogens is 1. The van der Waals surface area contributed by atoms with E-state index in [0.29, 0.717) is 17.9 Å². The van der Waals surface area contributed by atoms with E-state index in [1.165, 1.54) is 23.8 Å². The third-order valence-corrected chi connectivity index (χ3v) is 7.92. The summed E-state index contributed by atoms with van der Waals surface area (Å²) in [6.07, 6.45) is 2.21. The van der Waals surface area contributed by atoms with E-state index < -0.39 is 29.2 Å². The molecule has 3 aliphatic rings. The molecule has 0 bridgehead atoms. The van der Waals surface area contributed by atoms with Crippen LogP contribution in [0.4, 0.5) is 5.13 Å². The number of thioether (sulfide) groups is 1. The van der Waals surface area contributed by atoms with E-state index in [4.69, 9.17) is 10.6 Å². The number of oxime groups is 1. The van der Waals surface area contributed by atoms with Crippen LogP contribution in [-0.4, -0.2) is 88.8 Å². The minimum absolute atomic E-state index is 0. The average molecular weight is 553 g/mol. The maximum atomic E-state index is 12.9. The summed E-state index contributed by atoms with van der Waals surface area (Å²) in [6, 6.07) is -0.891. The van der Waals surface area contributed by atoms with Gasteiger partial charge >= 0.3 is 0 Å². The summed E-state index contributed by atoms with van der Waals surface area (Å²) in [6.45, 7) is 2.53. The number of anilines is 1. The van der Waals surface area contributed by atoms with E-state index in [1.54, 1.807) is 5.38 Å². The van der Waals surface area contributed by atoms with Crippen molar-refractivity contribution >= 4 is 76.5 Å². The zero-order valence-electron chi connectivity index (χ0n) is 18.5. The van der Waals surface area contributed by atoms with Crippen LogP contribution in [0.5, 0.6) is 0 Å². The summed E-state index contributed by atoms with van der Waals surface area (Å²) in [5.74, 6) is -2.06. The molecule has 3 N–H and O–H groups in total. The summed E-state index contributed by atoms with van der Waals surface area (Å²) >= 11 is 2.57. The normalized spacial score (nSPS) is 23.3. The number of carbonyl (C=O) groups excluding carboxylic acids is 3. The first-order valence-corrected chi connectivity index (χ1v) is 12.0. The molecule has 188 valence electrons. The molecule has 0 aliphatic carbocycles. The van der Waals surface area contributed by atoms with Gasteiger partial charge in [-0.1, -0.05) is 5.16 Å². The van der Waals surface area contributed by atoms with Crippen molar-refractivity contribution in [3.05, 3.63) is 22.3 Å². The number of fused-ring (bicyclic) bond motifs is 1. The van der Waals surface area contributed by atoms with E-state index in [0.717, 1.165) is 41.8 Å². The topological polar surface area (TPSA) is 150 Å². The molecule has 2 atom stereocenters. The molecular formula is C19H26Cl2N6O5S2. The van der Waals surface area contributed by atoms with E-state index in [9.17, 15) is 19.5 Å². The number of hydrogen-bond donors (Lipinski definition) is 2. The summed E-state index contributed by atoms with van der Waals surface area (Å²) in [4.78, 5) is 47.7. The summed E-state index contributed by atoms with van der Waals surface area (Å²) in [5, 5.41) is 19.6. The second-order valence-electron chi connectivity index (χ2n) is 8.23. The van der Waals surface area contributed by atoms with Crippen molar-refractivity contribution in [3.63, 3.8) is 0 Å². The Morgan fingerprint density at radius 2 is 2.06 bits per heavy atom. The predicted molar refractivity (Wildman–Crippen MR) is 132 cm³/mol. The first kappa shape index (κ1) is 28.2. The quantitative estimate of drug-likeness (QED) is 0.200. The first-order chi connectivity index (χ1) is 15.2. The van der Waals surface area contributed by atoms with Crippen LogP contribution in [0.2, 0.25) is 0 Å². The lowest BCUT2D eigenvalue weighted by molar-refractivity contribution is -0.893. The van der Waals surface area contributed by atoms with Gasteiger partial charge in [-0.2, -0.15) is 0 Å². The number of nitrogens with one attached hydrogen (secondary N) is 1. The van der Waals surface area contributed by atoms with Crippen molar-refractivity contribution in [3.8, 4) is 0 Å². The molecule has 4 heterocycles. The van der Waals surface area contributed by atoms with E-state index in [-0.39, 0.29) is 47.0 Å². The fourth-order valence-corrected chi connectivity index (χ4v) is 6.30. The number of thiazole rings is 1. The number of rotatable bonds is 7. The van der Waals surface area contributed by atoms with Crippen LogP contribution >= 0.6 is 47.9 Å². The van der Waals surface area contributed by atoms with Crippen LogP contribution in [0.1, 0.15) is 18.5 Å². The number of nitrogen functional groups attached to an aromatic ring is 1. The second-order valence-corrected chi connectivity index (χ2v) is 10.2. The van der Waals surface area contributed by atoms with Crippen molar-refractivity contribution in [2.75, 3.05) is 45.3 Å². The number of hydrogen-bond acceptors (Lipinski definition) is 10. The molecule has 4 rings (SSSR count). The van der Waals surface area contributed by atoms with Crippen LogP contribution in [0.3, 0.4) is 0 Å². The van der Waals surface area contributed by atoms with Gasteiger partial charge in [0.05, 0.1) is 31.8 Å². The molecule has 0 aromatic carbocycles. The van der Waals surface area contributed by atoms with Gasteiger partial charge in [-0.3, -0.25) is 14.5 Å². The lowest BCUT2D eigenvalue weighted by Gasteiger charge is -2.51. The van der Waals surface area contributed by atoms with Gasteiger partial charge in [0.2, 0.25) is 0 Å². The summed E-state index contributed by atoms with van der Waals surface area (Å²) < 4.78 is 0.757. The number of likely N-dealkylation sites (tertiary alicyclic amines) is 1. The number of β-lactam (4-membered cyclic amide) rings is 1. The van der Waals surface area contributed by atoms with Crippen LogP contribution in [0.15, 0.2) is 21.8 Å². The third kappa shape index (κ3) is 5.28. The van der Waals surface area contributed by atoms with E-state index >= 15 is 0 Å². The predicted octanol–water partition coefficient (Wildman–Crippen LogP) is -0.436. The Morgan fingerprint density at radius 3 is 2.62 bits per heavy atom. The number of halogens is 2. The zero-order valence-corrected chi connectivity index (χ0v) is 21.8. The fraction of sp³-hybridized carbons (Fsp3) is 0.526. The average Bonchev–Trinajstić information content (AvgIpc) is 3.37. The monoisotopic (exact) mass is 552 g/mol. The number of aliphatic carboxylic acids is 1. The SMILES string of the molecule is CO/N=C(/C(=O)N[C@@H]1C(=O)N2C(C(=O)[O-])=C(C[N+]3(C)CCCC3)CSC12)c1csc(N)n1.Cl.Cl. The Hall–Kier alpha value is -2.06. The Kier molecular flexibility index (Phi) is 9.22. The van der Waals surface area contributed by atoms with Crippen LogP contribution in [0.25, 0.3) is 0 Å². The molecule has 1 aromatic rings. The lowest BCUT2D eigenvalue weighted by Crippen LogP contribution is -2.71. The maximum absolute atomic E-state index is 12.9. The molecule has 11 nitrogen and oxygen atoms in total. The summed E-state index contributed by atoms with van der Waals surface area (Å²) in [7, 11) is 3.39. The van der Waals surface area contributed by atoms with Crippen LogP contribution in [0, 0.1) is 0 Å². The lowest BCUT2D eigenvalue weighted by atomic mass is 10.0. The number of carboxylic acid groups (broad SMARTS) is 1. The number of amides is 2. The van der Waals surface area contributed by atoms with Gasteiger partial charge in [0.25, 0.3) is 11.8 Å². The van der Waals surface area contributed by atoms with Crippen molar-refractivity contribution < 1.29 is 28.8 Å². The number of carbonyl (C=O) groups is 3. The van der Waals surface area contributed by atoms with Gasteiger partial charge in [-0.05, 0) is 0 Å². The molecule has 0 spiro atoms. The second kappa shape index (κ2) is 11.1. The molecular weight excluding hydrogens is 527 g/mol. The van der Waals surface area contributed by atoms with Crippen LogP contribution in [-0.2, 0) is 19.2 Å². The highest BCUT2D eigenvalue weighted by molar-refractivity contribution is 8.00. The number of aromatic nitrogens is 1. The van der Waals surface area contributed by atoms with Gasteiger partial charge in [-0.15, -0.1) is 47.9 Å². The Balaban J connectivity index is 0.00000204. The number of nitrogens with zero attached hydrogens (tertiary/aromatic N) is 4. The highest BCUT2D eigenvalue weighted by Gasteiger charge is 2.53. The van der Waals surface area contributed by atoms with Crippen molar-refractivity contribution in [2.45, 2.75) is 24.3 Å². The van der Waals surface area contributed by atoms with Gasteiger partial charge in [0, 0.05) is 29.5 Å². The molecule has 2 fully saturated rings. The third-order valence-electron chi connectivity index (χ3n) is 5.91. The molecule has 0 radical (unpaired) electrons. The van der Waals surface area contributed by atoms with Crippen molar-refractivity contribution in [1.82, 2.24) is 15.2 Å². The molecule has 1 aromatic heterocycles. The van der Waals surface area contributed by atoms with E-state index in [1.807, 2.05) is 0 Å². The zero-order chi connectivity index (χ0) is 23.0. The molecule has 34 heavy (non-hydrogen) atoms. The van der Waals surface area contributed by atoms with Crippen molar-refractivity contribution in [2.24, 2.45) is 5.16 Å². The number of carboxylic acids is 1. The Morgan fingerprint density at radius 1 is 1.38 bits per heavy atom. The van der Waals surface area contributed by atoms with Crippen LogP contribution < -0.4 is 16.2 Å². The van der Waals surface area contributed by atoms with Gasteiger partial charge in [-0.25, -0.2) is 4.98 Å². The Labute approximate surface area is 217 Å². The largest absolute Gasteiger partial charge is 0.543 e. The molecule has 2 amide bonds. The fourth-order valence-electron chi connectivity index (χ4n) is 4.41. The first-order valence-electron chi connectivity index (χ1n) is 10.1. The smallest absolute Gasteiger partial charge is 0.276 e. The molecule has 3 aliphatic heterocycles. The number of nitrogens with two attached hydrogens (primary N) is 1. The highest BCUT2D eigenvalue weighted by Crippen LogP contribution is 2.41. The van der Waals surface area contributed by atoms with Gasteiger partial charge in [0.1, 0.15) is 30.8 Å². The molecule has 2 saturated heterocycles. The molecule has 15 heteroatoms. The Bertz CT molecular complexity index is 1030. The van der Waals surface area contributed by atoms with Crippen molar-refractivity contribution in [1.29, 1.82) is 0 Å². The maximum Gasteiger partial charge on any atom is 0.276 e. The number of likely N-dealkylation sites (N-methyl/N-ethyl adjacent to an activating group) is 1.